The first-order valence-electron chi connectivity index (χ1n) is 2.99. The van der Waals surface area contributed by atoms with Gasteiger partial charge < -0.3 is 10.8 Å². The lowest BCUT2D eigenvalue weighted by Gasteiger charge is -2.04. The fourth-order valence-corrected chi connectivity index (χ4v) is 1.29. The Balaban J connectivity index is 3.08. The van der Waals surface area contributed by atoms with Gasteiger partial charge in [-0.15, -0.1) is 0 Å². The van der Waals surface area contributed by atoms with Crippen LogP contribution in [0.5, 0.6) is 0 Å². The predicted molar refractivity (Wildman–Crippen MR) is 45.6 cm³/mol. The maximum Gasteiger partial charge on any atom is 0.128 e. The molecular formula is C7H7Cl2NO. The molecular weight excluding hydrogens is 185 g/mol. The topological polar surface area (TPSA) is 46.2 Å². The second-order valence-electron chi connectivity index (χ2n) is 2.15. The van der Waals surface area contributed by atoms with Crippen molar-refractivity contribution >= 4 is 23.2 Å². The number of nitrogens with two attached hydrogens (primary N) is 1. The molecule has 0 aliphatic rings. The van der Waals surface area contributed by atoms with Crippen LogP contribution in [0.25, 0.3) is 0 Å². The van der Waals surface area contributed by atoms with E-state index in [1.807, 2.05) is 0 Å². The van der Waals surface area contributed by atoms with Gasteiger partial charge in [0.15, 0.2) is 0 Å². The molecule has 0 spiro atoms. The van der Waals surface area contributed by atoms with E-state index in [-0.39, 0.29) is 0 Å². The van der Waals surface area contributed by atoms with Gasteiger partial charge in [-0.3, -0.25) is 0 Å². The van der Waals surface area contributed by atoms with Gasteiger partial charge in [0.1, 0.15) is 6.23 Å². The average molecular weight is 192 g/mol. The summed E-state index contributed by atoms with van der Waals surface area (Å²) in [5, 5.41) is 9.87. The van der Waals surface area contributed by atoms with Crippen LogP contribution in [0.15, 0.2) is 18.2 Å². The van der Waals surface area contributed by atoms with E-state index in [1.165, 1.54) is 0 Å². The maximum absolute atomic E-state index is 8.93. The van der Waals surface area contributed by atoms with Crippen molar-refractivity contribution in [3.8, 4) is 0 Å². The van der Waals surface area contributed by atoms with Crippen molar-refractivity contribution < 1.29 is 5.11 Å². The number of aliphatic hydroxyl groups excluding tert-OH is 1. The highest BCUT2D eigenvalue weighted by Crippen LogP contribution is 2.21. The Morgan fingerprint density at radius 1 is 1.18 bits per heavy atom. The van der Waals surface area contributed by atoms with Crippen molar-refractivity contribution in [3.63, 3.8) is 0 Å². The Morgan fingerprint density at radius 3 is 2.00 bits per heavy atom. The van der Waals surface area contributed by atoms with Crippen molar-refractivity contribution in [1.29, 1.82) is 0 Å². The summed E-state index contributed by atoms with van der Waals surface area (Å²) in [4.78, 5) is 0. The van der Waals surface area contributed by atoms with Gasteiger partial charge in [-0.05, 0) is 23.8 Å². The Morgan fingerprint density at radius 2 is 1.64 bits per heavy atom. The zero-order valence-electron chi connectivity index (χ0n) is 5.59. The van der Waals surface area contributed by atoms with Crippen molar-refractivity contribution in [3.05, 3.63) is 33.8 Å². The second-order valence-corrected chi connectivity index (χ2v) is 3.02. The zero-order chi connectivity index (χ0) is 8.43. The van der Waals surface area contributed by atoms with E-state index in [0.29, 0.717) is 15.6 Å². The molecule has 2 nitrogen and oxygen atoms in total. The Bertz CT molecular complexity index is 242. The third kappa shape index (κ3) is 2.34. The van der Waals surface area contributed by atoms with Gasteiger partial charge in [-0.25, -0.2) is 0 Å². The summed E-state index contributed by atoms with van der Waals surface area (Å²) in [5.74, 6) is 0. The van der Waals surface area contributed by atoms with Crippen LogP contribution in [0.1, 0.15) is 11.8 Å². The SMILES string of the molecule is NC(O)c1cc(Cl)cc(Cl)c1. The molecule has 0 heterocycles. The van der Waals surface area contributed by atoms with E-state index < -0.39 is 6.23 Å². The van der Waals surface area contributed by atoms with Gasteiger partial charge in [-0.2, -0.15) is 0 Å². The van der Waals surface area contributed by atoms with E-state index in [1.54, 1.807) is 18.2 Å². The summed E-state index contributed by atoms with van der Waals surface area (Å²) >= 11 is 11.3. The number of halogens is 2. The van der Waals surface area contributed by atoms with E-state index in [4.69, 9.17) is 34.0 Å². The Labute approximate surface area is 74.5 Å². The molecule has 0 saturated carbocycles. The molecule has 4 heteroatoms. The van der Waals surface area contributed by atoms with E-state index in [9.17, 15) is 0 Å². The van der Waals surface area contributed by atoms with E-state index in [0.717, 1.165) is 0 Å². The summed E-state index contributed by atoms with van der Waals surface area (Å²) in [6, 6.07) is 4.71. The number of rotatable bonds is 1. The molecule has 1 aromatic carbocycles. The standard InChI is InChI=1S/C7H7Cl2NO/c8-5-1-4(7(10)11)2-6(9)3-5/h1-3,7,11H,10H2. The van der Waals surface area contributed by atoms with Crippen LogP contribution in [0.3, 0.4) is 0 Å². The predicted octanol–water partition coefficient (Wildman–Crippen LogP) is 1.94. The second kappa shape index (κ2) is 3.41. The van der Waals surface area contributed by atoms with Gasteiger partial charge >= 0.3 is 0 Å². The van der Waals surface area contributed by atoms with Crippen LogP contribution in [0, 0.1) is 0 Å². The smallest absolute Gasteiger partial charge is 0.128 e. The monoisotopic (exact) mass is 191 g/mol. The highest BCUT2D eigenvalue weighted by molar-refractivity contribution is 6.34. The Hall–Kier alpha value is -0.280. The minimum Gasteiger partial charge on any atom is -0.375 e. The summed E-state index contributed by atoms with van der Waals surface area (Å²) in [6.07, 6.45) is -1.02. The molecule has 11 heavy (non-hydrogen) atoms. The van der Waals surface area contributed by atoms with Crippen LogP contribution in [-0.4, -0.2) is 5.11 Å². The van der Waals surface area contributed by atoms with Crippen molar-refractivity contribution in [2.45, 2.75) is 6.23 Å². The highest BCUT2D eigenvalue weighted by atomic mass is 35.5. The van der Waals surface area contributed by atoms with Crippen LogP contribution in [0.4, 0.5) is 0 Å². The molecule has 1 atom stereocenters. The number of benzene rings is 1. The van der Waals surface area contributed by atoms with E-state index >= 15 is 0 Å². The first kappa shape index (κ1) is 8.81. The lowest BCUT2D eigenvalue weighted by atomic mass is 10.2. The molecule has 3 N–H and O–H groups in total. The number of hydrogen-bond acceptors (Lipinski definition) is 2. The van der Waals surface area contributed by atoms with E-state index in [2.05, 4.69) is 0 Å². The lowest BCUT2D eigenvalue weighted by molar-refractivity contribution is 0.186. The molecule has 0 fully saturated rings. The highest BCUT2D eigenvalue weighted by Gasteiger charge is 2.02. The first-order chi connectivity index (χ1) is 5.09. The van der Waals surface area contributed by atoms with Gasteiger partial charge in [0.05, 0.1) is 0 Å². The van der Waals surface area contributed by atoms with Crippen molar-refractivity contribution in [2.24, 2.45) is 5.73 Å². The summed E-state index contributed by atoms with van der Waals surface area (Å²) in [6.45, 7) is 0. The van der Waals surface area contributed by atoms with Crippen LogP contribution >= 0.6 is 23.2 Å². The minimum atomic E-state index is -1.02. The number of hydrogen-bond donors (Lipinski definition) is 2. The van der Waals surface area contributed by atoms with Crippen LogP contribution < -0.4 is 5.73 Å². The average Bonchev–Trinajstić information content (AvgIpc) is 1.85. The van der Waals surface area contributed by atoms with Crippen LogP contribution in [-0.2, 0) is 0 Å². The normalized spacial score (nSPS) is 13.1. The zero-order valence-corrected chi connectivity index (χ0v) is 7.10. The van der Waals surface area contributed by atoms with Crippen LogP contribution in [0.2, 0.25) is 10.0 Å². The molecule has 1 rings (SSSR count). The molecule has 0 bridgehead atoms. The quantitative estimate of drug-likeness (QED) is 0.668. The molecule has 0 aromatic heterocycles. The molecule has 0 saturated heterocycles. The third-order valence-corrected chi connectivity index (χ3v) is 1.66. The maximum atomic E-state index is 8.93. The minimum absolute atomic E-state index is 0.469. The molecule has 0 aliphatic heterocycles. The Kier molecular flexibility index (Phi) is 2.73. The molecule has 0 radical (unpaired) electrons. The molecule has 1 aromatic rings. The fraction of sp³-hybridized carbons (Fsp3) is 0.143. The number of aliphatic hydroxyl groups is 1. The molecule has 1 unspecified atom stereocenters. The first-order valence-corrected chi connectivity index (χ1v) is 3.75. The third-order valence-electron chi connectivity index (χ3n) is 1.23. The van der Waals surface area contributed by atoms with Gasteiger partial charge in [0.25, 0.3) is 0 Å². The van der Waals surface area contributed by atoms with Gasteiger partial charge in [-0.1, -0.05) is 23.2 Å². The van der Waals surface area contributed by atoms with Crippen molar-refractivity contribution in [1.82, 2.24) is 0 Å². The van der Waals surface area contributed by atoms with Gasteiger partial charge in [0.2, 0.25) is 0 Å². The fourth-order valence-electron chi connectivity index (χ4n) is 0.746. The summed E-state index contributed by atoms with van der Waals surface area (Å²) in [7, 11) is 0. The molecule has 0 amide bonds. The summed E-state index contributed by atoms with van der Waals surface area (Å²) < 4.78 is 0. The molecule has 0 aliphatic carbocycles. The molecule has 60 valence electrons. The van der Waals surface area contributed by atoms with Crippen molar-refractivity contribution in [2.75, 3.05) is 0 Å². The lowest BCUT2D eigenvalue weighted by Crippen LogP contribution is -2.08. The largest absolute Gasteiger partial charge is 0.375 e. The summed E-state index contributed by atoms with van der Waals surface area (Å²) in [5.41, 5.74) is 5.71. The van der Waals surface area contributed by atoms with Gasteiger partial charge in [0, 0.05) is 10.0 Å².